The van der Waals surface area contributed by atoms with Crippen LogP contribution in [0.25, 0.3) is 0 Å². The van der Waals surface area contributed by atoms with Crippen molar-refractivity contribution in [1.29, 1.82) is 0 Å². The van der Waals surface area contributed by atoms with Crippen LogP contribution in [0.15, 0.2) is 23.2 Å². The number of rotatable bonds is 8. The van der Waals surface area contributed by atoms with E-state index in [1.54, 1.807) is 14.2 Å². The second-order valence-electron chi connectivity index (χ2n) is 6.84. The van der Waals surface area contributed by atoms with Gasteiger partial charge in [-0.3, -0.25) is 9.89 Å². The van der Waals surface area contributed by atoms with Gasteiger partial charge in [0.2, 0.25) is 0 Å². The number of anilines is 1. The van der Waals surface area contributed by atoms with Gasteiger partial charge in [-0.15, -0.1) is 24.0 Å². The third-order valence-electron chi connectivity index (χ3n) is 4.71. The first-order valence-electron chi connectivity index (χ1n) is 9.69. The van der Waals surface area contributed by atoms with Crippen molar-refractivity contribution < 1.29 is 14.2 Å². The van der Waals surface area contributed by atoms with E-state index in [1.807, 2.05) is 25.1 Å². The molecule has 1 fully saturated rings. The van der Waals surface area contributed by atoms with Crippen molar-refractivity contribution in [1.82, 2.24) is 10.2 Å². The molecule has 1 heterocycles. The predicted octanol–water partition coefficient (Wildman–Crippen LogP) is 3.06. The maximum Gasteiger partial charge on any atom is 0.195 e. The minimum Gasteiger partial charge on any atom is -0.493 e. The van der Waals surface area contributed by atoms with Crippen molar-refractivity contribution in [2.45, 2.75) is 26.8 Å². The molecule has 0 aromatic heterocycles. The van der Waals surface area contributed by atoms with Crippen LogP contribution in [0.3, 0.4) is 0 Å². The van der Waals surface area contributed by atoms with Crippen LogP contribution in [-0.4, -0.2) is 70.5 Å². The summed E-state index contributed by atoms with van der Waals surface area (Å²) in [5.41, 5.74) is 0.903. The van der Waals surface area contributed by atoms with E-state index in [-0.39, 0.29) is 24.0 Å². The molecule has 0 amide bonds. The lowest BCUT2D eigenvalue weighted by molar-refractivity contribution is 0.00757. The molecule has 1 aromatic carbocycles. The molecular formula is C20H35IN4O3. The minimum atomic E-state index is 0. The van der Waals surface area contributed by atoms with E-state index in [9.17, 15) is 0 Å². The first-order chi connectivity index (χ1) is 13.1. The molecule has 1 saturated heterocycles. The molecule has 0 bridgehead atoms. The summed E-state index contributed by atoms with van der Waals surface area (Å²) >= 11 is 0. The lowest BCUT2D eigenvalue weighted by Crippen LogP contribution is -2.51. The van der Waals surface area contributed by atoms with Gasteiger partial charge in [0, 0.05) is 44.5 Å². The molecule has 0 radical (unpaired) electrons. The molecule has 7 nitrogen and oxygen atoms in total. The summed E-state index contributed by atoms with van der Waals surface area (Å²) in [6.45, 7) is 11.5. The molecule has 0 saturated carbocycles. The van der Waals surface area contributed by atoms with Crippen molar-refractivity contribution in [3.8, 4) is 11.5 Å². The molecule has 0 aliphatic carbocycles. The molecule has 0 spiro atoms. The highest BCUT2D eigenvalue weighted by molar-refractivity contribution is 14.0. The van der Waals surface area contributed by atoms with Gasteiger partial charge in [0.15, 0.2) is 17.5 Å². The Morgan fingerprint density at radius 1 is 1.25 bits per heavy atom. The summed E-state index contributed by atoms with van der Waals surface area (Å²) < 4.78 is 16.5. The first-order valence-corrected chi connectivity index (χ1v) is 9.69. The maximum atomic E-state index is 5.65. The van der Waals surface area contributed by atoms with Gasteiger partial charge in [-0.05, 0) is 25.0 Å². The van der Waals surface area contributed by atoms with Gasteiger partial charge in [-0.1, -0.05) is 13.8 Å². The number of hydrogen-bond acceptors (Lipinski definition) is 5. The Bertz CT molecular complexity index is 607. The summed E-state index contributed by atoms with van der Waals surface area (Å²) in [5, 5.41) is 6.80. The third kappa shape index (κ3) is 7.29. The predicted molar refractivity (Wildman–Crippen MR) is 126 cm³/mol. The normalized spacial score (nSPS) is 16.3. The molecule has 1 atom stereocenters. The average Bonchev–Trinajstić information content (AvgIpc) is 2.68. The Kier molecular flexibility index (Phi) is 11.6. The highest BCUT2D eigenvalue weighted by Gasteiger charge is 2.23. The molecule has 160 valence electrons. The Morgan fingerprint density at radius 3 is 2.54 bits per heavy atom. The van der Waals surface area contributed by atoms with E-state index in [0.717, 1.165) is 50.2 Å². The molecule has 1 aliphatic rings. The molecule has 2 N–H and O–H groups in total. The number of nitrogens with one attached hydrogen (secondary N) is 2. The van der Waals surface area contributed by atoms with Gasteiger partial charge >= 0.3 is 0 Å². The third-order valence-corrected chi connectivity index (χ3v) is 4.71. The van der Waals surface area contributed by atoms with Crippen LogP contribution in [0.2, 0.25) is 0 Å². The van der Waals surface area contributed by atoms with Crippen molar-refractivity contribution >= 4 is 35.6 Å². The number of benzene rings is 1. The molecular weight excluding hydrogens is 471 g/mol. The van der Waals surface area contributed by atoms with E-state index < -0.39 is 0 Å². The number of morpholine rings is 1. The van der Waals surface area contributed by atoms with Crippen LogP contribution in [0.5, 0.6) is 11.5 Å². The smallest absolute Gasteiger partial charge is 0.195 e. The van der Waals surface area contributed by atoms with Gasteiger partial charge in [-0.2, -0.15) is 0 Å². The molecule has 28 heavy (non-hydrogen) atoms. The van der Waals surface area contributed by atoms with Crippen molar-refractivity contribution in [3.05, 3.63) is 18.2 Å². The van der Waals surface area contributed by atoms with Crippen molar-refractivity contribution in [3.63, 3.8) is 0 Å². The number of halogens is 1. The van der Waals surface area contributed by atoms with Gasteiger partial charge in [-0.25, -0.2) is 0 Å². The van der Waals surface area contributed by atoms with Crippen LogP contribution in [0.4, 0.5) is 5.69 Å². The Hall–Kier alpha value is -1.26. The number of hydrogen-bond donors (Lipinski definition) is 2. The van der Waals surface area contributed by atoms with E-state index in [2.05, 4.69) is 34.4 Å². The fraction of sp³-hybridized carbons (Fsp3) is 0.650. The number of guanidine groups is 1. The monoisotopic (exact) mass is 506 g/mol. The van der Waals surface area contributed by atoms with Crippen LogP contribution in [0.1, 0.15) is 20.8 Å². The largest absolute Gasteiger partial charge is 0.493 e. The molecule has 8 heteroatoms. The van der Waals surface area contributed by atoms with Gasteiger partial charge < -0.3 is 24.8 Å². The zero-order chi connectivity index (χ0) is 19.6. The topological polar surface area (TPSA) is 67.4 Å². The van der Waals surface area contributed by atoms with Gasteiger partial charge in [0.1, 0.15) is 0 Å². The highest BCUT2D eigenvalue weighted by Crippen LogP contribution is 2.30. The van der Waals surface area contributed by atoms with E-state index >= 15 is 0 Å². The van der Waals surface area contributed by atoms with Crippen LogP contribution in [-0.2, 0) is 4.74 Å². The number of nitrogens with zero attached hydrogens (tertiary/aromatic N) is 2. The van der Waals surface area contributed by atoms with E-state index in [0.29, 0.717) is 24.3 Å². The highest BCUT2D eigenvalue weighted by atomic mass is 127. The zero-order valence-corrected chi connectivity index (χ0v) is 20.0. The van der Waals surface area contributed by atoms with E-state index in [4.69, 9.17) is 14.2 Å². The van der Waals surface area contributed by atoms with E-state index in [1.165, 1.54) is 0 Å². The maximum absolute atomic E-state index is 5.65. The Morgan fingerprint density at radius 2 is 1.96 bits per heavy atom. The summed E-state index contributed by atoms with van der Waals surface area (Å²) in [5.74, 6) is 2.71. The Balaban J connectivity index is 0.00000392. The number of ether oxygens (including phenoxy) is 3. The first kappa shape index (κ1) is 24.8. The second kappa shape index (κ2) is 13.1. The quantitative estimate of drug-likeness (QED) is 0.321. The summed E-state index contributed by atoms with van der Waals surface area (Å²) in [6.07, 6.45) is 0. The standard InChI is InChI=1S/C20H34N4O3.HI/c1-6-27-19-13-16(7-8-18(19)25-5)23-20(21-4)22-14-17(15(2)3)24-9-11-26-12-10-24;/h7-8,13,15,17H,6,9-12,14H2,1-5H3,(H2,21,22,23);1H. The average molecular weight is 506 g/mol. The molecule has 1 aromatic rings. The molecule has 2 rings (SSSR count). The number of methoxy groups -OCH3 is 1. The molecule has 1 unspecified atom stereocenters. The summed E-state index contributed by atoms with van der Waals surface area (Å²) in [7, 11) is 3.42. The lowest BCUT2D eigenvalue weighted by Gasteiger charge is -2.37. The lowest BCUT2D eigenvalue weighted by atomic mass is 10.0. The van der Waals surface area contributed by atoms with Gasteiger partial charge in [0.05, 0.1) is 26.9 Å². The summed E-state index contributed by atoms with van der Waals surface area (Å²) in [6, 6.07) is 6.21. The second-order valence-corrected chi connectivity index (χ2v) is 6.84. The Labute approximate surface area is 186 Å². The summed E-state index contributed by atoms with van der Waals surface area (Å²) in [4.78, 5) is 6.85. The fourth-order valence-corrected chi connectivity index (χ4v) is 3.24. The van der Waals surface area contributed by atoms with Crippen LogP contribution in [0, 0.1) is 5.92 Å². The SMILES string of the molecule is CCOc1cc(NC(=NC)NCC(C(C)C)N2CCOCC2)ccc1OC.I. The van der Waals surface area contributed by atoms with Crippen LogP contribution >= 0.6 is 24.0 Å². The minimum absolute atomic E-state index is 0. The fourth-order valence-electron chi connectivity index (χ4n) is 3.24. The zero-order valence-electron chi connectivity index (χ0n) is 17.7. The van der Waals surface area contributed by atoms with Crippen molar-refractivity contribution in [2.75, 3.05) is 58.9 Å². The number of aliphatic imine (C=N–C) groups is 1. The van der Waals surface area contributed by atoms with Gasteiger partial charge in [0.25, 0.3) is 0 Å². The van der Waals surface area contributed by atoms with Crippen molar-refractivity contribution in [2.24, 2.45) is 10.9 Å². The van der Waals surface area contributed by atoms with Crippen LogP contribution < -0.4 is 20.1 Å². The molecule has 1 aliphatic heterocycles.